The van der Waals surface area contributed by atoms with Crippen molar-refractivity contribution in [1.82, 2.24) is 9.03 Å². The molecule has 1 aliphatic heterocycles. The predicted octanol–water partition coefficient (Wildman–Crippen LogP) is 3.75. The number of carbonyl (C=O) groups excluding carboxylic acids is 1. The number of ether oxygens (including phenoxy) is 1. The minimum absolute atomic E-state index is 0.0861. The third-order valence-corrected chi connectivity index (χ3v) is 8.07. The van der Waals surface area contributed by atoms with E-state index in [2.05, 4.69) is 0 Å². The van der Waals surface area contributed by atoms with E-state index < -0.39 is 27.5 Å². The average molecular weight is 445 g/mol. The maximum atomic E-state index is 14.5. The highest BCUT2D eigenvalue weighted by Crippen LogP contribution is 2.37. The minimum atomic E-state index is -4.02. The molecule has 0 aromatic heterocycles. The lowest BCUT2D eigenvalue weighted by molar-refractivity contribution is 0.0973. The summed E-state index contributed by atoms with van der Waals surface area (Å²) in [7, 11) is -4.02. The summed E-state index contributed by atoms with van der Waals surface area (Å²) in [5.74, 6) is -0.608. The van der Waals surface area contributed by atoms with Crippen molar-refractivity contribution in [3.63, 3.8) is 0 Å². The van der Waals surface area contributed by atoms with Crippen LogP contribution in [0.15, 0.2) is 12.1 Å². The van der Waals surface area contributed by atoms with Crippen molar-refractivity contribution in [2.45, 2.75) is 44.9 Å². The van der Waals surface area contributed by atoms with E-state index in [0.717, 1.165) is 44.2 Å². The molecule has 2 saturated carbocycles. The summed E-state index contributed by atoms with van der Waals surface area (Å²) in [6, 6.07) is 2.19. The highest BCUT2D eigenvalue weighted by Gasteiger charge is 2.38. The number of piperidine rings is 1. The molecule has 3 fully saturated rings. The number of halogens is 2. The molecule has 9 heteroatoms. The van der Waals surface area contributed by atoms with Crippen LogP contribution in [0.3, 0.4) is 0 Å². The lowest BCUT2D eigenvalue weighted by atomic mass is 10.0. The molecule has 1 heterocycles. The number of fused-ring (bicyclic) bond motifs is 2. The van der Waals surface area contributed by atoms with Gasteiger partial charge >= 0.3 is 10.2 Å². The first-order valence-electron chi connectivity index (χ1n) is 10.3. The van der Waals surface area contributed by atoms with Crippen molar-refractivity contribution in [1.29, 1.82) is 0 Å². The third-order valence-electron chi connectivity index (χ3n) is 6.35. The number of carbonyl (C=O) groups is 1. The van der Waals surface area contributed by atoms with Crippen LogP contribution < -0.4 is 9.46 Å². The van der Waals surface area contributed by atoms with E-state index in [9.17, 15) is 17.6 Å². The first-order valence-corrected chi connectivity index (χ1v) is 12.1. The van der Waals surface area contributed by atoms with Crippen LogP contribution in [0.1, 0.15) is 55.3 Å². The van der Waals surface area contributed by atoms with Gasteiger partial charge in [0.2, 0.25) is 0 Å². The van der Waals surface area contributed by atoms with Gasteiger partial charge in [0, 0.05) is 19.2 Å². The number of hydrogen-bond acceptors (Lipinski definition) is 4. The molecule has 1 amide bonds. The highest BCUT2D eigenvalue weighted by atomic mass is 35.5. The number of hydrogen-bond donors (Lipinski definition) is 1. The summed E-state index contributed by atoms with van der Waals surface area (Å²) in [4.78, 5) is 12.5. The van der Waals surface area contributed by atoms with E-state index in [4.69, 9.17) is 16.3 Å². The molecule has 1 aromatic carbocycles. The van der Waals surface area contributed by atoms with Crippen LogP contribution in [-0.4, -0.2) is 38.3 Å². The summed E-state index contributed by atoms with van der Waals surface area (Å²) in [5, 5.41) is 0.0861. The Morgan fingerprint density at radius 2 is 1.83 bits per heavy atom. The zero-order valence-corrected chi connectivity index (χ0v) is 17.8. The summed E-state index contributed by atoms with van der Waals surface area (Å²) in [6.45, 7) is 1.25. The number of nitrogens with one attached hydrogen (secondary N) is 1. The van der Waals surface area contributed by atoms with Gasteiger partial charge in [0.25, 0.3) is 5.91 Å². The molecule has 6 nitrogen and oxygen atoms in total. The van der Waals surface area contributed by atoms with E-state index in [1.54, 1.807) is 0 Å². The second kappa shape index (κ2) is 8.40. The lowest BCUT2D eigenvalue weighted by Gasteiger charge is -2.30. The Morgan fingerprint density at radius 3 is 2.48 bits per heavy atom. The molecule has 160 valence electrons. The van der Waals surface area contributed by atoms with Gasteiger partial charge in [-0.25, -0.2) is 9.11 Å². The van der Waals surface area contributed by atoms with Crippen molar-refractivity contribution in [3.8, 4) is 5.75 Å². The molecule has 3 aliphatic rings. The Kier molecular flexibility index (Phi) is 6.04. The fourth-order valence-electron chi connectivity index (χ4n) is 4.79. The molecule has 0 spiro atoms. The standard InChI is InChI=1S/C20H26ClFN2O4S/c21-17-8-16(18(22)9-19(17)28-12-13-3-1-2-4-13)20(25)23-29(26,27)24-10-14-5-6-15(7-14)11-24/h8-9,13-15H,1-7,10-12H2,(H,23,25). The monoisotopic (exact) mass is 444 g/mol. The van der Waals surface area contributed by atoms with Crippen molar-refractivity contribution >= 4 is 27.7 Å². The minimum Gasteiger partial charge on any atom is -0.492 e. The smallest absolute Gasteiger partial charge is 0.304 e. The Hall–Kier alpha value is -1.38. The summed E-state index contributed by atoms with van der Waals surface area (Å²) in [5.41, 5.74) is -0.410. The normalized spacial score (nSPS) is 25.3. The molecule has 2 atom stereocenters. The van der Waals surface area contributed by atoms with Gasteiger partial charge in [-0.1, -0.05) is 24.4 Å². The molecule has 0 radical (unpaired) electrons. The second-order valence-electron chi connectivity index (χ2n) is 8.52. The fraction of sp³-hybridized carbons (Fsp3) is 0.650. The maximum Gasteiger partial charge on any atom is 0.304 e. The van der Waals surface area contributed by atoms with Crippen LogP contribution in [0.4, 0.5) is 4.39 Å². The molecular formula is C20H26ClFN2O4S. The van der Waals surface area contributed by atoms with Crippen LogP contribution >= 0.6 is 11.6 Å². The Bertz CT molecular complexity index is 877. The fourth-order valence-corrected chi connectivity index (χ4v) is 6.30. The molecule has 29 heavy (non-hydrogen) atoms. The maximum absolute atomic E-state index is 14.5. The number of amides is 1. The van der Waals surface area contributed by atoms with Crippen molar-refractivity contribution in [2.24, 2.45) is 17.8 Å². The van der Waals surface area contributed by atoms with Gasteiger partial charge in [0.05, 0.1) is 17.2 Å². The summed E-state index contributed by atoms with van der Waals surface area (Å²) >= 11 is 6.17. The number of benzene rings is 1. The van der Waals surface area contributed by atoms with Crippen LogP contribution in [0, 0.1) is 23.6 Å². The van der Waals surface area contributed by atoms with E-state index in [1.807, 2.05) is 4.72 Å². The predicted molar refractivity (Wildman–Crippen MR) is 108 cm³/mol. The van der Waals surface area contributed by atoms with Gasteiger partial charge in [0.15, 0.2) is 0 Å². The van der Waals surface area contributed by atoms with E-state index in [-0.39, 0.29) is 10.8 Å². The summed E-state index contributed by atoms with van der Waals surface area (Å²) in [6.07, 6.45) is 7.55. The first-order chi connectivity index (χ1) is 13.8. The average Bonchev–Trinajstić information content (AvgIpc) is 3.30. The molecule has 1 saturated heterocycles. The van der Waals surface area contributed by atoms with Gasteiger partial charge in [-0.05, 0) is 55.9 Å². The molecule has 1 N–H and O–H groups in total. The van der Waals surface area contributed by atoms with Crippen molar-refractivity contribution in [2.75, 3.05) is 19.7 Å². The van der Waals surface area contributed by atoms with E-state index >= 15 is 0 Å². The molecular weight excluding hydrogens is 419 g/mol. The van der Waals surface area contributed by atoms with Gasteiger partial charge < -0.3 is 4.74 Å². The molecule has 2 aliphatic carbocycles. The summed E-state index contributed by atoms with van der Waals surface area (Å²) < 4.78 is 48.7. The largest absolute Gasteiger partial charge is 0.492 e. The third kappa shape index (κ3) is 4.70. The van der Waals surface area contributed by atoms with E-state index in [0.29, 0.717) is 37.5 Å². The van der Waals surface area contributed by atoms with Gasteiger partial charge in [-0.3, -0.25) is 4.79 Å². The van der Waals surface area contributed by atoms with Gasteiger partial charge in [-0.15, -0.1) is 0 Å². The molecule has 2 unspecified atom stereocenters. The highest BCUT2D eigenvalue weighted by molar-refractivity contribution is 7.87. The van der Waals surface area contributed by atoms with Crippen LogP contribution in [0.5, 0.6) is 5.75 Å². The molecule has 2 bridgehead atoms. The zero-order chi connectivity index (χ0) is 20.6. The van der Waals surface area contributed by atoms with Crippen molar-refractivity contribution < 1.29 is 22.3 Å². The SMILES string of the molecule is O=C(NS(=O)(=O)N1CC2CCC(C2)C1)c1cc(Cl)c(OCC2CCCC2)cc1F. The van der Waals surface area contributed by atoms with Crippen LogP contribution in [0.2, 0.25) is 5.02 Å². The van der Waals surface area contributed by atoms with Gasteiger partial charge in [-0.2, -0.15) is 12.7 Å². The van der Waals surface area contributed by atoms with Gasteiger partial charge in [0.1, 0.15) is 11.6 Å². The number of rotatable bonds is 6. The van der Waals surface area contributed by atoms with Crippen molar-refractivity contribution in [3.05, 3.63) is 28.5 Å². The van der Waals surface area contributed by atoms with Crippen LogP contribution in [0.25, 0.3) is 0 Å². The Balaban J connectivity index is 1.43. The van der Waals surface area contributed by atoms with Crippen LogP contribution in [-0.2, 0) is 10.2 Å². The quantitative estimate of drug-likeness (QED) is 0.724. The Labute approximate surface area is 175 Å². The Morgan fingerprint density at radius 1 is 1.17 bits per heavy atom. The zero-order valence-electron chi connectivity index (χ0n) is 16.2. The lowest BCUT2D eigenvalue weighted by Crippen LogP contribution is -2.48. The van der Waals surface area contributed by atoms with E-state index in [1.165, 1.54) is 17.1 Å². The topological polar surface area (TPSA) is 75.7 Å². The molecule has 1 aromatic rings. The molecule has 4 rings (SSSR count). The second-order valence-corrected chi connectivity index (χ2v) is 10.6. The first kappa shape index (κ1) is 20.9. The number of nitrogens with zero attached hydrogens (tertiary/aromatic N) is 1.